The van der Waals surface area contributed by atoms with Crippen LogP contribution in [0.3, 0.4) is 0 Å². The summed E-state index contributed by atoms with van der Waals surface area (Å²) in [5.74, 6) is -1.37. The van der Waals surface area contributed by atoms with Gasteiger partial charge in [0, 0.05) is 0 Å². The Morgan fingerprint density at radius 2 is 2.00 bits per heavy atom. The van der Waals surface area contributed by atoms with E-state index in [4.69, 9.17) is 0 Å². The molecule has 7 nitrogen and oxygen atoms in total. The van der Waals surface area contributed by atoms with Crippen molar-refractivity contribution >= 4 is 23.6 Å². The van der Waals surface area contributed by atoms with Crippen LogP contribution in [0.1, 0.15) is 0 Å². The number of azo groups is 1. The first-order valence-electron chi connectivity index (χ1n) is 3.07. The molecule has 0 saturated carbocycles. The van der Waals surface area contributed by atoms with Gasteiger partial charge < -0.3 is 0 Å². The molecule has 1 atom stereocenters. The maximum atomic E-state index is 10.9. The molecule has 2 rings (SSSR count). The van der Waals surface area contributed by atoms with Gasteiger partial charge in [-0.3, -0.25) is 14.9 Å². The monoisotopic (exact) mass is 166 g/mol. The zero-order valence-corrected chi connectivity index (χ0v) is 5.64. The second kappa shape index (κ2) is 2.03. The Labute approximate surface area is 65.6 Å². The van der Waals surface area contributed by atoms with Crippen LogP contribution in [0, 0.1) is 0 Å². The van der Waals surface area contributed by atoms with Gasteiger partial charge in [-0.2, -0.15) is 10.1 Å². The molecule has 2 heterocycles. The first-order valence-corrected chi connectivity index (χ1v) is 3.07. The van der Waals surface area contributed by atoms with Gasteiger partial charge in [-0.05, 0) is 0 Å². The molecule has 4 amide bonds. The summed E-state index contributed by atoms with van der Waals surface area (Å²) in [6.45, 7) is 0. The molecular formula is C5H2N4O3. The van der Waals surface area contributed by atoms with Crippen LogP contribution in [0.25, 0.3) is 0 Å². The van der Waals surface area contributed by atoms with Crippen LogP contribution in [0.2, 0.25) is 0 Å². The number of carbonyl (C=O) groups is 3. The number of hydrogen-bond acceptors (Lipinski definition) is 4. The molecule has 0 bridgehead atoms. The molecule has 1 unspecified atom stereocenters. The maximum Gasteiger partial charge on any atom is 0.348 e. The second-order valence-corrected chi connectivity index (χ2v) is 2.21. The van der Waals surface area contributed by atoms with Gasteiger partial charge in [0.25, 0.3) is 5.91 Å². The summed E-state index contributed by atoms with van der Waals surface area (Å²) < 4.78 is 0. The number of imide groups is 1. The summed E-state index contributed by atoms with van der Waals surface area (Å²) in [7, 11) is 0. The smallest absolute Gasteiger partial charge is 0.274 e. The average molecular weight is 166 g/mol. The van der Waals surface area contributed by atoms with Crippen LogP contribution >= 0.6 is 0 Å². The Bertz CT molecular complexity index is 356. The quantitative estimate of drug-likeness (QED) is 0.501. The lowest BCUT2D eigenvalue weighted by atomic mass is 10.1. The van der Waals surface area contributed by atoms with Crippen molar-refractivity contribution in [3.05, 3.63) is 0 Å². The highest BCUT2D eigenvalue weighted by Crippen LogP contribution is 2.11. The predicted molar refractivity (Wildman–Crippen MR) is 34.6 cm³/mol. The lowest BCUT2D eigenvalue weighted by Crippen LogP contribution is -2.45. The molecular weight excluding hydrogens is 164 g/mol. The third kappa shape index (κ3) is 0.760. The van der Waals surface area contributed by atoms with Crippen molar-refractivity contribution < 1.29 is 14.4 Å². The third-order valence-electron chi connectivity index (χ3n) is 1.44. The molecule has 12 heavy (non-hydrogen) atoms. The number of hydrogen-bond donors (Lipinski definition) is 1. The van der Waals surface area contributed by atoms with Crippen molar-refractivity contribution in [2.45, 2.75) is 6.04 Å². The number of fused-ring (bicyclic) bond motifs is 1. The summed E-state index contributed by atoms with van der Waals surface area (Å²) >= 11 is 0. The Morgan fingerprint density at radius 1 is 1.25 bits per heavy atom. The molecule has 60 valence electrons. The first kappa shape index (κ1) is 6.77. The lowest BCUT2D eigenvalue weighted by molar-refractivity contribution is -0.120. The standard InChI is InChI=1S/C5H2N4O3/c10-3-2-1(4(11)9-8-2)6-5(12)7-3/h2H,(H,7,10,12). The molecule has 0 aromatic carbocycles. The van der Waals surface area contributed by atoms with Gasteiger partial charge in [-0.15, -0.1) is 5.11 Å². The molecule has 2 aliphatic rings. The molecule has 0 saturated heterocycles. The molecule has 0 radical (unpaired) electrons. The van der Waals surface area contributed by atoms with Crippen molar-refractivity contribution in [3.63, 3.8) is 0 Å². The van der Waals surface area contributed by atoms with Gasteiger partial charge in [-0.25, -0.2) is 4.79 Å². The lowest BCUT2D eigenvalue weighted by Gasteiger charge is -2.09. The topological polar surface area (TPSA) is 100 Å². The van der Waals surface area contributed by atoms with Gasteiger partial charge in [0.1, 0.15) is 0 Å². The molecule has 2 aliphatic heterocycles. The van der Waals surface area contributed by atoms with Gasteiger partial charge in [0.05, 0.1) is 0 Å². The van der Waals surface area contributed by atoms with Crippen molar-refractivity contribution in [2.75, 3.05) is 0 Å². The summed E-state index contributed by atoms with van der Waals surface area (Å²) in [5.41, 5.74) is -0.191. The zero-order chi connectivity index (χ0) is 8.72. The minimum atomic E-state index is -1.02. The summed E-state index contributed by atoms with van der Waals surface area (Å²) in [4.78, 5) is 35.6. The highest BCUT2D eigenvalue weighted by atomic mass is 16.2. The van der Waals surface area contributed by atoms with Crippen molar-refractivity contribution in [1.29, 1.82) is 0 Å². The summed E-state index contributed by atoms with van der Waals surface area (Å²) in [6, 6.07) is -1.86. The van der Waals surface area contributed by atoms with E-state index in [9.17, 15) is 14.4 Å². The molecule has 0 spiro atoms. The molecule has 7 heteroatoms. The molecule has 0 aromatic heterocycles. The number of nitrogens with one attached hydrogen (secondary N) is 1. The molecule has 0 aliphatic carbocycles. The van der Waals surface area contributed by atoms with E-state index in [2.05, 4.69) is 15.2 Å². The van der Waals surface area contributed by atoms with Gasteiger partial charge in [-0.1, -0.05) is 0 Å². The van der Waals surface area contributed by atoms with Crippen molar-refractivity contribution in [1.82, 2.24) is 5.32 Å². The van der Waals surface area contributed by atoms with Gasteiger partial charge in [0.2, 0.25) is 0 Å². The zero-order valence-electron chi connectivity index (χ0n) is 5.64. The van der Waals surface area contributed by atoms with E-state index in [1.165, 1.54) is 0 Å². The number of aliphatic imine (C=N–C) groups is 1. The van der Waals surface area contributed by atoms with Crippen LogP contribution in [0.4, 0.5) is 4.79 Å². The predicted octanol–water partition coefficient (Wildman–Crippen LogP) is -0.962. The van der Waals surface area contributed by atoms with Crippen LogP contribution in [0.15, 0.2) is 15.2 Å². The van der Waals surface area contributed by atoms with E-state index in [1.807, 2.05) is 5.32 Å². The second-order valence-electron chi connectivity index (χ2n) is 2.21. The Morgan fingerprint density at radius 3 is 2.75 bits per heavy atom. The highest BCUT2D eigenvalue weighted by Gasteiger charge is 2.39. The van der Waals surface area contributed by atoms with Gasteiger partial charge >= 0.3 is 11.9 Å². The minimum Gasteiger partial charge on any atom is -0.274 e. The number of rotatable bonds is 0. The van der Waals surface area contributed by atoms with E-state index < -0.39 is 23.9 Å². The fourth-order valence-corrected chi connectivity index (χ4v) is 0.930. The Balaban J connectivity index is 2.49. The number of urea groups is 1. The maximum absolute atomic E-state index is 10.9. The van der Waals surface area contributed by atoms with Crippen molar-refractivity contribution in [3.8, 4) is 0 Å². The van der Waals surface area contributed by atoms with Crippen LogP contribution in [-0.2, 0) is 9.59 Å². The Kier molecular flexibility index (Phi) is 1.15. The largest absolute Gasteiger partial charge is 0.348 e. The first-order chi connectivity index (χ1) is 5.68. The van der Waals surface area contributed by atoms with Crippen LogP contribution in [-0.4, -0.2) is 29.6 Å². The summed E-state index contributed by atoms with van der Waals surface area (Å²) in [6.07, 6.45) is 0. The molecule has 1 N–H and O–H groups in total. The van der Waals surface area contributed by atoms with Crippen LogP contribution in [0.5, 0.6) is 0 Å². The number of nitrogens with zero attached hydrogens (tertiary/aromatic N) is 3. The normalized spacial score (nSPS) is 26.8. The van der Waals surface area contributed by atoms with Crippen molar-refractivity contribution in [2.24, 2.45) is 15.2 Å². The van der Waals surface area contributed by atoms with E-state index in [1.54, 1.807) is 0 Å². The summed E-state index contributed by atoms with van der Waals surface area (Å²) in [5, 5.41) is 8.34. The number of amides is 4. The molecule has 0 aromatic rings. The highest BCUT2D eigenvalue weighted by molar-refractivity contribution is 6.49. The molecule has 0 fully saturated rings. The minimum absolute atomic E-state index is 0.191. The number of carbonyl (C=O) groups excluding carboxylic acids is 3. The average Bonchev–Trinajstić information content (AvgIpc) is 2.33. The Hall–Kier alpha value is -1.92. The van der Waals surface area contributed by atoms with Gasteiger partial charge in [0.15, 0.2) is 11.8 Å². The third-order valence-corrected chi connectivity index (χ3v) is 1.44. The van der Waals surface area contributed by atoms with E-state index in [-0.39, 0.29) is 5.71 Å². The fourth-order valence-electron chi connectivity index (χ4n) is 0.930. The van der Waals surface area contributed by atoms with Crippen LogP contribution < -0.4 is 5.32 Å². The fraction of sp³-hybridized carbons (Fsp3) is 0.200. The van der Waals surface area contributed by atoms with E-state index >= 15 is 0 Å². The van der Waals surface area contributed by atoms with E-state index in [0.29, 0.717) is 0 Å². The SMILES string of the molecule is O=C1N=C2C(=O)N=NC2C(=O)N1. The van der Waals surface area contributed by atoms with E-state index in [0.717, 1.165) is 0 Å².